The maximum Gasteiger partial charge on any atom is 0.224 e. The van der Waals surface area contributed by atoms with E-state index in [9.17, 15) is 0 Å². The Morgan fingerprint density at radius 3 is 2.38 bits per heavy atom. The lowest BCUT2D eigenvalue weighted by Gasteiger charge is -2.10. The van der Waals surface area contributed by atoms with Gasteiger partial charge in [-0.2, -0.15) is 4.98 Å². The molecule has 0 aliphatic carbocycles. The molecular weight excluding hydrogens is 284 g/mol. The van der Waals surface area contributed by atoms with Crippen LogP contribution in [-0.2, 0) is 6.54 Å². The van der Waals surface area contributed by atoms with E-state index in [-0.39, 0.29) is 12.4 Å². The van der Waals surface area contributed by atoms with Gasteiger partial charge in [-0.25, -0.2) is 4.98 Å². The average molecular weight is 300 g/mol. The standard InChI is InChI=1S/C16H16N4.ClH/c1-17-16-19-14-10-6-5-9-13(14)15(20-16)18-11-12-7-3-2-4-8-12;/h2-10H,11H2,1H3,(H2,17,18,19,20);1H/p-1. The van der Waals surface area contributed by atoms with Crippen LogP contribution in [0.5, 0.6) is 0 Å². The zero-order valence-electron chi connectivity index (χ0n) is 11.7. The molecule has 4 nitrogen and oxygen atoms in total. The Bertz CT molecular complexity index is 716. The van der Waals surface area contributed by atoms with Crippen LogP contribution in [-0.4, -0.2) is 17.0 Å². The minimum atomic E-state index is 0. The molecule has 0 saturated heterocycles. The molecule has 1 aromatic heterocycles. The van der Waals surface area contributed by atoms with Gasteiger partial charge in [0.15, 0.2) is 0 Å². The van der Waals surface area contributed by atoms with E-state index >= 15 is 0 Å². The minimum Gasteiger partial charge on any atom is -1.00 e. The topological polar surface area (TPSA) is 49.8 Å². The fourth-order valence-corrected chi connectivity index (χ4v) is 2.10. The third kappa shape index (κ3) is 3.41. The highest BCUT2D eigenvalue weighted by atomic mass is 35.5. The summed E-state index contributed by atoms with van der Waals surface area (Å²) in [6.07, 6.45) is 0. The summed E-state index contributed by atoms with van der Waals surface area (Å²) in [6.45, 7) is 0.741. The molecule has 21 heavy (non-hydrogen) atoms. The molecule has 0 fully saturated rings. The first kappa shape index (κ1) is 15.1. The van der Waals surface area contributed by atoms with Crippen LogP contribution in [0.3, 0.4) is 0 Å². The van der Waals surface area contributed by atoms with Crippen molar-refractivity contribution in [2.24, 2.45) is 0 Å². The van der Waals surface area contributed by atoms with E-state index in [0.717, 1.165) is 23.3 Å². The summed E-state index contributed by atoms with van der Waals surface area (Å²) < 4.78 is 0. The number of hydrogen-bond acceptors (Lipinski definition) is 4. The highest BCUT2D eigenvalue weighted by molar-refractivity contribution is 5.89. The van der Waals surface area contributed by atoms with Gasteiger partial charge in [0.25, 0.3) is 0 Å². The number of para-hydroxylation sites is 1. The molecule has 0 unspecified atom stereocenters. The summed E-state index contributed by atoms with van der Waals surface area (Å²) >= 11 is 0. The molecule has 0 amide bonds. The predicted molar refractivity (Wildman–Crippen MR) is 82.9 cm³/mol. The molecule has 2 aromatic carbocycles. The lowest BCUT2D eigenvalue weighted by molar-refractivity contribution is -0.00000414. The van der Waals surface area contributed by atoms with Gasteiger partial charge < -0.3 is 23.0 Å². The fraction of sp³-hybridized carbons (Fsp3) is 0.125. The number of nitrogens with zero attached hydrogens (tertiary/aromatic N) is 2. The van der Waals surface area contributed by atoms with Crippen LogP contribution >= 0.6 is 0 Å². The number of benzene rings is 2. The summed E-state index contributed by atoms with van der Waals surface area (Å²) in [5, 5.41) is 7.41. The molecule has 0 bridgehead atoms. The molecule has 1 heterocycles. The Morgan fingerprint density at radius 2 is 1.62 bits per heavy atom. The van der Waals surface area contributed by atoms with E-state index in [1.165, 1.54) is 5.56 Å². The van der Waals surface area contributed by atoms with Gasteiger partial charge in [0, 0.05) is 19.0 Å². The summed E-state index contributed by atoms with van der Waals surface area (Å²) in [4.78, 5) is 8.95. The van der Waals surface area contributed by atoms with Crippen molar-refractivity contribution in [2.45, 2.75) is 6.54 Å². The minimum absolute atomic E-state index is 0. The van der Waals surface area contributed by atoms with Crippen molar-refractivity contribution in [1.29, 1.82) is 0 Å². The van der Waals surface area contributed by atoms with Crippen molar-refractivity contribution in [3.8, 4) is 0 Å². The van der Waals surface area contributed by atoms with Crippen molar-refractivity contribution < 1.29 is 12.4 Å². The number of halogens is 1. The Balaban J connectivity index is 0.00000161. The monoisotopic (exact) mass is 299 g/mol. The van der Waals surface area contributed by atoms with Gasteiger partial charge in [-0.1, -0.05) is 42.5 Å². The first-order valence-corrected chi connectivity index (χ1v) is 6.59. The van der Waals surface area contributed by atoms with Crippen LogP contribution < -0.4 is 23.0 Å². The summed E-state index contributed by atoms with van der Waals surface area (Å²) in [6, 6.07) is 18.3. The van der Waals surface area contributed by atoms with Gasteiger partial charge in [0.2, 0.25) is 5.95 Å². The Hall–Kier alpha value is -2.33. The lowest BCUT2D eigenvalue weighted by atomic mass is 10.2. The van der Waals surface area contributed by atoms with E-state index in [1.54, 1.807) is 0 Å². The number of anilines is 2. The molecule has 3 rings (SSSR count). The van der Waals surface area contributed by atoms with Crippen LogP contribution in [0.25, 0.3) is 10.9 Å². The van der Waals surface area contributed by atoms with Crippen LogP contribution in [0.15, 0.2) is 54.6 Å². The highest BCUT2D eigenvalue weighted by Crippen LogP contribution is 2.22. The molecule has 5 heteroatoms. The van der Waals surface area contributed by atoms with E-state index < -0.39 is 0 Å². The van der Waals surface area contributed by atoms with E-state index in [0.29, 0.717) is 5.95 Å². The van der Waals surface area contributed by atoms with Crippen molar-refractivity contribution in [2.75, 3.05) is 17.7 Å². The second-order valence-electron chi connectivity index (χ2n) is 4.50. The van der Waals surface area contributed by atoms with Crippen molar-refractivity contribution in [1.82, 2.24) is 9.97 Å². The number of rotatable bonds is 4. The highest BCUT2D eigenvalue weighted by Gasteiger charge is 2.06. The Kier molecular flexibility index (Phi) is 4.95. The smallest absolute Gasteiger partial charge is 0.224 e. The fourth-order valence-electron chi connectivity index (χ4n) is 2.10. The van der Waals surface area contributed by atoms with Crippen LogP contribution in [0.2, 0.25) is 0 Å². The largest absolute Gasteiger partial charge is 1.00 e. The molecular formula is C16H16ClN4-. The number of fused-ring (bicyclic) bond motifs is 1. The molecule has 3 aromatic rings. The normalized spacial score (nSPS) is 9.95. The molecule has 0 atom stereocenters. The zero-order valence-corrected chi connectivity index (χ0v) is 12.4. The van der Waals surface area contributed by atoms with Gasteiger partial charge in [0.05, 0.1) is 5.52 Å². The molecule has 2 N–H and O–H groups in total. The Morgan fingerprint density at radius 1 is 0.905 bits per heavy atom. The second kappa shape index (κ2) is 6.90. The molecule has 0 spiro atoms. The summed E-state index contributed by atoms with van der Waals surface area (Å²) in [5.74, 6) is 1.48. The van der Waals surface area contributed by atoms with Gasteiger partial charge >= 0.3 is 0 Å². The first-order valence-electron chi connectivity index (χ1n) is 6.59. The average Bonchev–Trinajstić information content (AvgIpc) is 2.53. The van der Waals surface area contributed by atoms with Crippen LogP contribution in [0.1, 0.15) is 5.56 Å². The van der Waals surface area contributed by atoms with Crippen molar-refractivity contribution in [3.05, 3.63) is 60.2 Å². The van der Waals surface area contributed by atoms with Crippen molar-refractivity contribution >= 4 is 22.7 Å². The van der Waals surface area contributed by atoms with E-state index in [2.05, 4.69) is 32.7 Å². The number of nitrogens with one attached hydrogen (secondary N) is 2. The van der Waals surface area contributed by atoms with E-state index in [1.807, 2.05) is 49.5 Å². The van der Waals surface area contributed by atoms with Crippen LogP contribution in [0, 0.1) is 0 Å². The third-order valence-electron chi connectivity index (χ3n) is 3.13. The Labute approximate surface area is 130 Å². The van der Waals surface area contributed by atoms with Gasteiger partial charge in [-0.05, 0) is 17.7 Å². The molecule has 0 saturated carbocycles. The number of aromatic nitrogens is 2. The molecule has 0 radical (unpaired) electrons. The summed E-state index contributed by atoms with van der Waals surface area (Å²) in [7, 11) is 1.82. The molecule has 108 valence electrons. The van der Waals surface area contributed by atoms with Gasteiger partial charge in [-0.3, -0.25) is 0 Å². The maximum absolute atomic E-state index is 4.50. The van der Waals surface area contributed by atoms with E-state index in [4.69, 9.17) is 0 Å². The first-order chi connectivity index (χ1) is 9.86. The predicted octanol–water partition coefficient (Wildman–Crippen LogP) is 0.288. The second-order valence-corrected chi connectivity index (χ2v) is 4.50. The van der Waals surface area contributed by atoms with Crippen LogP contribution in [0.4, 0.5) is 11.8 Å². The summed E-state index contributed by atoms with van der Waals surface area (Å²) in [5.41, 5.74) is 2.16. The maximum atomic E-state index is 4.50. The SMILES string of the molecule is CNc1nc(NCc2ccccc2)c2ccccc2n1.[Cl-]. The molecule has 0 aliphatic heterocycles. The lowest BCUT2D eigenvalue weighted by Crippen LogP contribution is -3.00. The zero-order chi connectivity index (χ0) is 13.8. The number of hydrogen-bond donors (Lipinski definition) is 2. The van der Waals surface area contributed by atoms with Gasteiger partial charge in [0.1, 0.15) is 5.82 Å². The molecule has 0 aliphatic rings. The third-order valence-corrected chi connectivity index (χ3v) is 3.13. The van der Waals surface area contributed by atoms with Crippen molar-refractivity contribution in [3.63, 3.8) is 0 Å². The quantitative estimate of drug-likeness (QED) is 0.727. The van der Waals surface area contributed by atoms with Gasteiger partial charge in [-0.15, -0.1) is 0 Å².